The number of piperidine rings is 1. The number of benzene rings is 1. The molecule has 2 aliphatic carbocycles. The molecule has 0 amide bonds. The summed E-state index contributed by atoms with van der Waals surface area (Å²) in [4.78, 5) is 14.8. The number of rotatable bonds is 2. The van der Waals surface area contributed by atoms with Gasteiger partial charge in [0.2, 0.25) is 0 Å². The van der Waals surface area contributed by atoms with Gasteiger partial charge in [0.15, 0.2) is 23.4 Å². The van der Waals surface area contributed by atoms with Crippen LogP contribution in [0.2, 0.25) is 0 Å². The Bertz CT molecular complexity index is 789. The van der Waals surface area contributed by atoms with Crippen LogP contribution in [0.1, 0.15) is 30.4 Å². The van der Waals surface area contributed by atoms with Crippen molar-refractivity contribution in [1.82, 2.24) is 4.90 Å². The van der Waals surface area contributed by atoms with Gasteiger partial charge >= 0.3 is 0 Å². The molecule has 2 heterocycles. The maximum Gasteiger partial charge on any atom is 0.174 e. The smallest absolute Gasteiger partial charge is 0.174 e. The number of aliphatic hydroxyl groups is 1. The van der Waals surface area contributed by atoms with Crippen LogP contribution in [0.4, 0.5) is 0 Å². The number of carbonyl (C=O) groups is 1. The molecule has 28 heavy (non-hydrogen) atoms. The average Bonchev–Trinajstić information content (AvgIpc) is 2.91. The van der Waals surface area contributed by atoms with Crippen molar-refractivity contribution in [1.29, 1.82) is 0 Å². The topological polar surface area (TPSA) is 70.0 Å². The van der Waals surface area contributed by atoms with Gasteiger partial charge in [0, 0.05) is 111 Å². The number of carbonyl (C=O) groups excluding carboxylic acids is 1. The van der Waals surface area contributed by atoms with Crippen molar-refractivity contribution in [3.05, 3.63) is 49.9 Å². The number of phenols is 1. The standard InChI is InChI=1S/C19H20NO4.CH3.3U/c1-2-8-20-9-7-18-15-11-3-4-12(21)16(15)24-17(18)13(22)5-6-19(18,23)14(20)10-11;;;;/h2-4,8,14,17,21,23H,1,5-7,9-10H2;1H3;;;/q2*-1;;;/t14-,17+,18?,19-;;;;/m1..../s1. The SMILES string of the molecule is C=C[CH-]N1CCC23c4c5ccc(O)c4O[C@H]2C(=O)CC[C@@]3(O)[C@H]1C5.[CH3-].[U].[U].[U]. The molecular weight excluding hydrogens is 1030 g/mol. The minimum atomic E-state index is -1.03. The van der Waals surface area contributed by atoms with Crippen LogP contribution in [0.3, 0.4) is 0 Å². The van der Waals surface area contributed by atoms with Crippen molar-refractivity contribution >= 4 is 5.78 Å². The Hall–Kier alpha value is 1.18. The molecule has 2 N–H and O–H groups in total. The van der Waals surface area contributed by atoms with E-state index in [2.05, 4.69) is 11.5 Å². The molecule has 1 saturated carbocycles. The molecule has 2 aliphatic heterocycles. The number of hydrogen-bond donors (Lipinski definition) is 2. The fraction of sp³-hybridized carbons (Fsp3) is 0.450. The van der Waals surface area contributed by atoms with E-state index in [4.69, 9.17) is 4.74 Å². The van der Waals surface area contributed by atoms with Crippen molar-refractivity contribution in [2.45, 2.75) is 48.8 Å². The van der Waals surface area contributed by atoms with Crippen LogP contribution in [-0.2, 0) is 16.6 Å². The van der Waals surface area contributed by atoms with Crippen molar-refractivity contribution < 1.29 is 113 Å². The minimum Gasteiger partial charge on any atom is -0.504 e. The molecule has 2 bridgehead atoms. The first-order chi connectivity index (χ1) is 11.5. The van der Waals surface area contributed by atoms with Gasteiger partial charge in [-0.25, -0.2) is 12.7 Å². The van der Waals surface area contributed by atoms with E-state index >= 15 is 0 Å². The molecule has 8 heteroatoms. The molecule has 5 nitrogen and oxygen atoms in total. The predicted molar refractivity (Wildman–Crippen MR) is 93.1 cm³/mol. The van der Waals surface area contributed by atoms with E-state index in [1.54, 1.807) is 12.1 Å². The van der Waals surface area contributed by atoms with Crippen molar-refractivity contribution in [3.8, 4) is 11.5 Å². The molecule has 1 saturated heterocycles. The van der Waals surface area contributed by atoms with Crippen molar-refractivity contribution in [2.75, 3.05) is 6.54 Å². The quantitative estimate of drug-likeness (QED) is 0.444. The number of likely N-dealkylation sites (tertiary alicyclic amines) is 1. The fourth-order valence-corrected chi connectivity index (χ4v) is 5.67. The minimum absolute atomic E-state index is 0. The number of Topliss-reactive ketones (excluding diaryl/α,β-unsaturated/α-hetero) is 1. The number of phenolic OH excluding ortho intramolecular Hbond substituents is 1. The Kier molecular flexibility index (Phi) is 9.09. The molecule has 1 spiro atoms. The average molecular weight is 1060 g/mol. The summed E-state index contributed by atoms with van der Waals surface area (Å²) in [7, 11) is 0. The number of ketones is 1. The van der Waals surface area contributed by atoms with Gasteiger partial charge in [0.1, 0.15) is 0 Å². The van der Waals surface area contributed by atoms with Crippen LogP contribution in [0.25, 0.3) is 0 Å². The van der Waals surface area contributed by atoms with Crippen LogP contribution in [-0.4, -0.2) is 45.2 Å². The Morgan fingerprint density at radius 1 is 1.29 bits per heavy atom. The molecular formula is C20H23NO4U3-2. The van der Waals surface area contributed by atoms with E-state index in [-0.39, 0.29) is 118 Å². The van der Waals surface area contributed by atoms with Gasteiger partial charge in [-0.2, -0.15) is 6.54 Å². The molecule has 146 valence electrons. The van der Waals surface area contributed by atoms with E-state index in [1.165, 1.54) is 0 Å². The van der Waals surface area contributed by atoms with Crippen LogP contribution < -0.4 is 4.74 Å². The first kappa shape index (κ1) is 27.2. The summed E-state index contributed by atoms with van der Waals surface area (Å²) in [6, 6.07) is 3.44. The number of ether oxygens (including phenoxy) is 1. The summed E-state index contributed by atoms with van der Waals surface area (Å²) in [5.74, 6) is 0.500. The van der Waals surface area contributed by atoms with Gasteiger partial charge in [0.25, 0.3) is 0 Å². The number of aromatic hydroxyl groups is 1. The summed E-state index contributed by atoms with van der Waals surface area (Å²) < 4.78 is 5.97. The molecule has 5 rings (SSSR count). The Morgan fingerprint density at radius 3 is 2.68 bits per heavy atom. The van der Waals surface area contributed by atoms with E-state index in [1.807, 2.05) is 12.6 Å². The fourth-order valence-electron chi connectivity index (χ4n) is 5.67. The first-order valence-electron chi connectivity index (χ1n) is 8.51. The predicted octanol–water partition coefficient (Wildman–Crippen LogP) is 1.91. The zero-order chi connectivity index (χ0) is 16.7. The number of nitrogens with zero attached hydrogens (tertiary/aromatic N) is 1. The maximum absolute atomic E-state index is 12.6. The molecule has 1 aromatic carbocycles. The second-order valence-electron chi connectivity index (χ2n) is 7.40. The van der Waals surface area contributed by atoms with Crippen LogP contribution >= 0.6 is 0 Å². The van der Waals surface area contributed by atoms with Gasteiger partial charge in [-0.3, -0.25) is 4.79 Å². The summed E-state index contributed by atoms with van der Waals surface area (Å²) in [5, 5.41) is 22.1. The third-order valence-electron chi connectivity index (χ3n) is 6.60. The monoisotopic (exact) mass is 1060 g/mol. The van der Waals surface area contributed by atoms with Gasteiger partial charge in [-0.1, -0.05) is 6.07 Å². The Balaban J connectivity index is 0.000000980. The van der Waals surface area contributed by atoms with Crippen LogP contribution in [0, 0.1) is 107 Å². The number of hydrogen-bond acceptors (Lipinski definition) is 5. The normalized spacial score (nSPS) is 33.5. The molecule has 2 fully saturated rings. The summed E-state index contributed by atoms with van der Waals surface area (Å²) in [5.41, 5.74) is 0.171. The molecule has 0 aromatic heterocycles. The van der Waals surface area contributed by atoms with Gasteiger partial charge in [-0.05, 0) is 37.4 Å². The van der Waals surface area contributed by atoms with E-state index in [9.17, 15) is 15.0 Å². The molecule has 4 aliphatic rings. The van der Waals surface area contributed by atoms with Crippen LogP contribution in [0.5, 0.6) is 11.5 Å². The Labute approximate surface area is 237 Å². The van der Waals surface area contributed by atoms with Crippen LogP contribution in [0.15, 0.2) is 24.8 Å². The van der Waals surface area contributed by atoms with Crippen molar-refractivity contribution in [3.63, 3.8) is 0 Å². The van der Waals surface area contributed by atoms with E-state index in [0.717, 1.165) is 17.7 Å². The second kappa shape index (κ2) is 9.35. The first-order valence-corrected chi connectivity index (χ1v) is 8.51. The van der Waals surface area contributed by atoms with Gasteiger partial charge in [-0.15, -0.1) is 0 Å². The molecule has 1 aromatic rings. The zero-order valence-electron chi connectivity index (χ0n) is 15.9. The summed E-state index contributed by atoms with van der Waals surface area (Å²) >= 11 is 0. The summed E-state index contributed by atoms with van der Waals surface area (Å²) in [6.07, 6.45) is 3.11. The van der Waals surface area contributed by atoms with Gasteiger partial charge < -0.3 is 27.3 Å². The second-order valence-corrected chi connectivity index (χ2v) is 7.40. The zero-order valence-corrected chi connectivity index (χ0v) is 28.4. The summed E-state index contributed by atoms with van der Waals surface area (Å²) in [6.45, 7) is 6.46. The molecule has 0 radical (unpaired) electrons. The third kappa shape index (κ3) is 3.21. The maximum atomic E-state index is 12.6. The molecule has 4 atom stereocenters. The largest absolute Gasteiger partial charge is 0.504 e. The Morgan fingerprint density at radius 2 is 2.00 bits per heavy atom. The van der Waals surface area contributed by atoms with Crippen molar-refractivity contribution in [2.24, 2.45) is 0 Å². The van der Waals surface area contributed by atoms with E-state index in [0.29, 0.717) is 31.4 Å². The van der Waals surface area contributed by atoms with E-state index < -0.39 is 17.1 Å². The third-order valence-corrected chi connectivity index (χ3v) is 6.60. The van der Waals surface area contributed by atoms with Gasteiger partial charge in [0.05, 0.1) is 11.0 Å². The molecule has 1 unspecified atom stereocenters.